The number of phenolic OH excluding ortho intramolecular Hbond substituents is 1. The van der Waals surface area contributed by atoms with E-state index < -0.39 is 0 Å². The molecule has 1 N–H and O–H groups in total. The lowest BCUT2D eigenvalue weighted by atomic mass is 9.48. The van der Waals surface area contributed by atoms with Crippen molar-refractivity contribution in [1.29, 1.82) is 0 Å². The van der Waals surface area contributed by atoms with Crippen molar-refractivity contribution in [2.24, 2.45) is 23.2 Å². The molecule has 0 unspecified atom stereocenters. The summed E-state index contributed by atoms with van der Waals surface area (Å²) in [5.41, 5.74) is 1.78. The number of hydrogen-bond acceptors (Lipinski definition) is 2. The minimum Gasteiger partial charge on any atom is -0.507 e. The number of hydrogen-bond donors (Lipinski definition) is 1. The van der Waals surface area contributed by atoms with E-state index >= 15 is 0 Å². The molecule has 1 aromatic rings. The zero-order chi connectivity index (χ0) is 14.6. The zero-order valence-electron chi connectivity index (χ0n) is 12.8. The van der Waals surface area contributed by atoms with Crippen molar-refractivity contribution in [2.45, 2.75) is 51.9 Å². The molecule has 2 heteroatoms. The average molecular weight is 284 g/mol. The molecular weight excluding hydrogens is 260 g/mol. The first-order valence-corrected chi connectivity index (χ1v) is 8.36. The Morgan fingerprint density at radius 2 is 1.71 bits per heavy atom. The lowest BCUT2D eigenvalue weighted by molar-refractivity contribution is -0.0524. The summed E-state index contributed by atoms with van der Waals surface area (Å²) in [6.45, 7) is 1.94. The van der Waals surface area contributed by atoms with E-state index in [0.29, 0.717) is 12.0 Å². The van der Waals surface area contributed by atoms with Gasteiger partial charge in [0, 0.05) is 6.42 Å². The highest BCUT2D eigenvalue weighted by atomic mass is 16.3. The van der Waals surface area contributed by atoms with Crippen molar-refractivity contribution in [3.63, 3.8) is 0 Å². The molecule has 5 rings (SSSR count). The van der Waals surface area contributed by atoms with Crippen LogP contribution in [0.4, 0.5) is 0 Å². The first-order chi connectivity index (χ1) is 10.0. The van der Waals surface area contributed by atoms with E-state index in [0.717, 1.165) is 23.3 Å². The number of ketones is 1. The number of phenols is 1. The molecule has 0 amide bonds. The van der Waals surface area contributed by atoms with Gasteiger partial charge in [-0.3, -0.25) is 4.79 Å². The quantitative estimate of drug-likeness (QED) is 0.830. The van der Waals surface area contributed by atoms with Gasteiger partial charge in [0.2, 0.25) is 0 Å². The predicted molar refractivity (Wildman–Crippen MR) is 82.4 cm³/mol. The number of benzene rings is 1. The van der Waals surface area contributed by atoms with Crippen LogP contribution in [0.25, 0.3) is 0 Å². The number of carbonyl (C=O) groups is 1. The second-order valence-electron chi connectivity index (χ2n) is 8.04. The van der Waals surface area contributed by atoms with E-state index in [1.807, 2.05) is 13.0 Å². The van der Waals surface area contributed by atoms with Gasteiger partial charge in [-0.15, -0.1) is 0 Å². The van der Waals surface area contributed by atoms with Crippen molar-refractivity contribution in [3.05, 3.63) is 29.3 Å². The van der Waals surface area contributed by atoms with Crippen LogP contribution in [0.1, 0.15) is 60.9 Å². The van der Waals surface area contributed by atoms with E-state index in [9.17, 15) is 9.90 Å². The third kappa shape index (κ3) is 2.29. The fraction of sp³-hybridized carbons (Fsp3) is 0.632. The van der Waals surface area contributed by atoms with Gasteiger partial charge in [-0.2, -0.15) is 0 Å². The lowest BCUT2D eigenvalue weighted by Gasteiger charge is -2.56. The van der Waals surface area contributed by atoms with E-state index in [1.54, 1.807) is 12.1 Å². The number of rotatable bonds is 3. The molecule has 2 nitrogen and oxygen atoms in total. The van der Waals surface area contributed by atoms with Crippen molar-refractivity contribution in [1.82, 2.24) is 0 Å². The van der Waals surface area contributed by atoms with Gasteiger partial charge < -0.3 is 5.11 Å². The molecule has 21 heavy (non-hydrogen) atoms. The predicted octanol–water partition coefficient (Wildman–Crippen LogP) is 4.49. The summed E-state index contributed by atoms with van der Waals surface area (Å²) in [4.78, 5) is 12.7. The summed E-state index contributed by atoms with van der Waals surface area (Å²) in [5, 5.41) is 10.1. The van der Waals surface area contributed by atoms with Crippen LogP contribution in [0.5, 0.6) is 5.75 Å². The van der Waals surface area contributed by atoms with Crippen LogP contribution in [-0.4, -0.2) is 10.9 Å². The maximum absolute atomic E-state index is 12.7. The molecule has 4 aliphatic rings. The second kappa shape index (κ2) is 4.59. The number of Topliss-reactive ketones (excluding diaryl/α,β-unsaturated/α-hetero) is 1. The fourth-order valence-electron chi connectivity index (χ4n) is 5.82. The Hall–Kier alpha value is -1.31. The van der Waals surface area contributed by atoms with E-state index in [-0.39, 0.29) is 16.9 Å². The Balaban J connectivity index is 1.57. The summed E-state index contributed by atoms with van der Waals surface area (Å²) >= 11 is 0. The molecule has 0 aromatic heterocycles. The van der Waals surface area contributed by atoms with Crippen LogP contribution in [-0.2, 0) is 0 Å². The first kappa shape index (κ1) is 13.4. The van der Waals surface area contributed by atoms with Crippen molar-refractivity contribution >= 4 is 5.78 Å². The van der Waals surface area contributed by atoms with Gasteiger partial charge in [-0.25, -0.2) is 0 Å². The highest BCUT2D eigenvalue weighted by Gasteiger charge is 2.51. The summed E-state index contributed by atoms with van der Waals surface area (Å²) in [5.74, 6) is 2.92. The zero-order valence-corrected chi connectivity index (χ0v) is 12.8. The minimum atomic E-state index is 0.148. The van der Waals surface area contributed by atoms with Crippen molar-refractivity contribution < 1.29 is 9.90 Å². The van der Waals surface area contributed by atoms with E-state index in [2.05, 4.69) is 0 Å². The smallest absolute Gasteiger partial charge is 0.167 e. The van der Waals surface area contributed by atoms with E-state index in [1.165, 1.54) is 38.5 Å². The van der Waals surface area contributed by atoms with E-state index in [4.69, 9.17) is 0 Å². The Labute approximate surface area is 126 Å². The molecule has 1 aromatic carbocycles. The molecule has 4 saturated carbocycles. The van der Waals surface area contributed by atoms with Crippen LogP contribution < -0.4 is 0 Å². The van der Waals surface area contributed by atoms with Crippen LogP contribution in [0.3, 0.4) is 0 Å². The average Bonchev–Trinajstić information content (AvgIpc) is 2.35. The number of aromatic hydroxyl groups is 1. The molecule has 0 heterocycles. The molecule has 4 bridgehead atoms. The molecule has 4 aliphatic carbocycles. The van der Waals surface area contributed by atoms with Crippen LogP contribution in [0.2, 0.25) is 0 Å². The SMILES string of the molecule is Cc1ccc(C(=O)CC23CC4CC(CC(C4)C2)C3)c(O)c1. The standard InChI is InChI=1S/C19H24O2/c1-12-2-3-16(17(20)4-12)18(21)11-19-8-13-5-14(9-19)7-15(6-13)10-19/h2-4,13-15,20H,5-11H2,1H3. The number of carbonyl (C=O) groups excluding carboxylic acids is 1. The molecule has 0 spiro atoms. The van der Waals surface area contributed by atoms with Gasteiger partial charge in [0.1, 0.15) is 5.75 Å². The maximum atomic E-state index is 12.7. The molecule has 112 valence electrons. The largest absolute Gasteiger partial charge is 0.507 e. The lowest BCUT2D eigenvalue weighted by Crippen LogP contribution is -2.46. The molecule has 4 fully saturated rings. The summed E-state index contributed by atoms with van der Waals surface area (Å²) in [6.07, 6.45) is 8.61. The third-order valence-corrected chi connectivity index (χ3v) is 6.15. The Morgan fingerprint density at radius 1 is 1.14 bits per heavy atom. The van der Waals surface area contributed by atoms with Gasteiger partial charge in [0.25, 0.3) is 0 Å². The molecule has 0 saturated heterocycles. The second-order valence-corrected chi connectivity index (χ2v) is 8.04. The minimum absolute atomic E-state index is 0.148. The molecule has 0 aliphatic heterocycles. The van der Waals surface area contributed by atoms with Crippen LogP contribution in [0, 0.1) is 30.1 Å². The monoisotopic (exact) mass is 284 g/mol. The van der Waals surface area contributed by atoms with Crippen LogP contribution in [0.15, 0.2) is 18.2 Å². The van der Waals surface area contributed by atoms with Crippen molar-refractivity contribution in [3.8, 4) is 5.75 Å². The van der Waals surface area contributed by atoms with Crippen LogP contribution >= 0.6 is 0 Å². The fourth-order valence-corrected chi connectivity index (χ4v) is 5.82. The normalized spacial score (nSPS) is 36.9. The highest BCUT2D eigenvalue weighted by Crippen LogP contribution is 2.61. The Bertz CT molecular complexity index is 552. The summed E-state index contributed by atoms with van der Waals surface area (Å²) in [6, 6.07) is 5.42. The third-order valence-electron chi connectivity index (χ3n) is 6.15. The first-order valence-electron chi connectivity index (χ1n) is 8.36. The summed E-state index contributed by atoms with van der Waals surface area (Å²) in [7, 11) is 0. The molecular formula is C19H24O2. The van der Waals surface area contributed by atoms with Gasteiger partial charge in [0.15, 0.2) is 5.78 Å². The summed E-state index contributed by atoms with van der Waals surface area (Å²) < 4.78 is 0. The van der Waals surface area contributed by atoms with Gasteiger partial charge in [-0.1, -0.05) is 6.07 Å². The topological polar surface area (TPSA) is 37.3 Å². The maximum Gasteiger partial charge on any atom is 0.167 e. The highest BCUT2D eigenvalue weighted by molar-refractivity contribution is 5.99. The van der Waals surface area contributed by atoms with Gasteiger partial charge in [-0.05, 0) is 86.3 Å². The Morgan fingerprint density at radius 3 is 2.24 bits per heavy atom. The Kier molecular flexibility index (Phi) is 2.92. The van der Waals surface area contributed by atoms with Gasteiger partial charge >= 0.3 is 0 Å². The van der Waals surface area contributed by atoms with Gasteiger partial charge in [0.05, 0.1) is 5.56 Å². The van der Waals surface area contributed by atoms with Crippen molar-refractivity contribution in [2.75, 3.05) is 0 Å². The molecule has 0 radical (unpaired) electrons. The molecule has 0 atom stereocenters. The number of aryl methyl sites for hydroxylation is 1.